The smallest absolute Gasteiger partial charge is 0.328 e. The Hall–Kier alpha value is -4.77. The molecule has 11 nitrogen and oxygen atoms in total. The molecule has 0 atom stereocenters. The minimum Gasteiger partial charge on any atom is -0.478 e. The second-order valence-corrected chi connectivity index (χ2v) is 12.6. The number of benzene rings is 1. The predicted octanol–water partition coefficient (Wildman–Crippen LogP) is 6.52. The molecule has 2 aliphatic carbocycles. The van der Waals surface area contributed by atoms with Gasteiger partial charge in [-0.2, -0.15) is 4.98 Å². The van der Waals surface area contributed by atoms with Crippen LogP contribution in [-0.4, -0.2) is 54.6 Å². The van der Waals surface area contributed by atoms with E-state index in [2.05, 4.69) is 30.2 Å². The molecule has 3 heterocycles. The number of hydrogen-bond donors (Lipinski definition) is 3. The number of carboxylic acids is 1. The molecule has 12 heteroatoms. The summed E-state index contributed by atoms with van der Waals surface area (Å²) in [5.74, 6) is -1.23. The minimum absolute atomic E-state index is 0.0910. The average Bonchev–Trinajstić information content (AvgIpc) is 3.82. The number of aryl methyl sites for hydroxylation is 1. The summed E-state index contributed by atoms with van der Waals surface area (Å²) in [6.07, 6.45) is 12.3. The van der Waals surface area contributed by atoms with Crippen LogP contribution in [0.25, 0.3) is 28.4 Å². The Morgan fingerprint density at radius 1 is 1.09 bits per heavy atom. The maximum Gasteiger partial charge on any atom is 0.328 e. The molecular weight excluding hydrogens is 620 g/mol. The van der Waals surface area contributed by atoms with Gasteiger partial charge in [0.1, 0.15) is 11.2 Å². The topological polar surface area (TPSA) is 148 Å². The molecule has 0 spiro atoms. The third-order valence-corrected chi connectivity index (χ3v) is 9.38. The number of rotatable bonds is 10. The highest BCUT2D eigenvalue weighted by Crippen LogP contribution is 2.44. The molecule has 4 aromatic rings. The third kappa shape index (κ3) is 6.58. The van der Waals surface area contributed by atoms with E-state index in [0.29, 0.717) is 29.3 Å². The molecule has 2 fully saturated rings. The monoisotopic (exact) mass is 656 g/mol. The van der Waals surface area contributed by atoms with Gasteiger partial charge in [0.15, 0.2) is 5.82 Å². The van der Waals surface area contributed by atoms with Gasteiger partial charge in [-0.3, -0.25) is 14.6 Å². The number of amides is 2. The summed E-state index contributed by atoms with van der Waals surface area (Å²) in [5, 5.41) is 16.5. The van der Waals surface area contributed by atoms with Crippen LogP contribution in [0.3, 0.4) is 0 Å². The van der Waals surface area contributed by atoms with E-state index in [-0.39, 0.29) is 29.9 Å². The van der Waals surface area contributed by atoms with E-state index in [9.17, 15) is 14.4 Å². The summed E-state index contributed by atoms with van der Waals surface area (Å²) >= 11 is 6.16. The first-order chi connectivity index (χ1) is 22.7. The van der Waals surface area contributed by atoms with Crippen molar-refractivity contribution in [3.63, 3.8) is 0 Å². The van der Waals surface area contributed by atoms with Crippen LogP contribution in [0.2, 0.25) is 5.02 Å². The summed E-state index contributed by atoms with van der Waals surface area (Å²) in [4.78, 5) is 51.8. The van der Waals surface area contributed by atoms with Crippen molar-refractivity contribution in [1.29, 1.82) is 0 Å². The van der Waals surface area contributed by atoms with E-state index in [1.165, 1.54) is 30.7 Å². The summed E-state index contributed by atoms with van der Waals surface area (Å²) in [5.41, 5.74) is 3.59. The molecule has 0 radical (unpaired) electrons. The van der Waals surface area contributed by atoms with Crippen LogP contribution < -0.4 is 15.4 Å². The van der Waals surface area contributed by atoms with Crippen molar-refractivity contribution in [3.8, 4) is 17.3 Å². The van der Waals surface area contributed by atoms with E-state index in [4.69, 9.17) is 21.4 Å². The van der Waals surface area contributed by atoms with E-state index in [0.717, 1.165) is 54.1 Å². The lowest BCUT2D eigenvalue weighted by Gasteiger charge is -2.29. The second kappa shape index (κ2) is 13.5. The molecule has 6 rings (SSSR count). The largest absolute Gasteiger partial charge is 0.478 e. The molecule has 2 aliphatic rings. The number of nitrogens with one attached hydrogen (secondary N) is 2. The van der Waals surface area contributed by atoms with Crippen LogP contribution in [0, 0.1) is 0 Å². The fourth-order valence-electron chi connectivity index (χ4n) is 6.92. The molecule has 0 bridgehead atoms. The first-order valence-corrected chi connectivity index (χ1v) is 16.4. The van der Waals surface area contributed by atoms with Crippen LogP contribution in [-0.2, 0) is 16.6 Å². The SMILES string of the molecule is CCOc1nc(NC(=O)C2(NC(=O)c3ccc4c(C5CCCC5)c(-c5ccc(Cl)cn5)n(C)c4c3)CCCC2)cnc1/C=C/C(=O)O. The number of halogens is 1. The first kappa shape index (κ1) is 32.2. The number of fused-ring (bicyclic) bond motifs is 1. The van der Waals surface area contributed by atoms with Gasteiger partial charge in [-0.25, -0.2) is 9.78 Å². The predicted molar refractivity (Wildman–Crippen MR) is 180 cm³/mol. The summed E-state index contributed by atoms with van der Waals surface area (Å²) in [6, 6.07) is 9.53. The highest BCUT2D eigenvalue weighted by atomic mass is 35.5. The highest BCUT2D eigenvalue weighted by Gasteiger charge is 2.43. The lowest BCUT2D eigenvalue weighted by Crippen LogP contribution is -2.55. The third-order valence-electron chi connectivity index (χ3n) is 9.15. The maximum atomic E-state index is 13.9. The number of pyridine rings is 1. The van der Waals surface area contributed by atoms with Gasteiger partial charge in [-0.05, 0) is 74.4 Å². The molecule has 2 saturated carbocycles. The quantitative estimate of drug-likeness (QED) is 0.163. The lowest BCUT2D eigenvalue weighted by atomic mass is 9.92. The summed E-state index contributed by atoms with van der Waals surface area (Å²) in [7, 11) is 2.00. The molecule has 0 saturated heterocycles. The Labute approximate surface area is 277 Å². The first-order valence-electron chi connectivity index (χ1n) is 16.0. The number of aliphatic carboxylic acids is 1. The van der Waals surface area contributed by atoms with E-state index < -0.39 is 17.4 Å². The minimum atomic E-state index is -1.14. The van der Waals surface area contributed by atoms with Gasteiger partial charge >= 0.3 is 5.97 Å². The van der Waals surface area contributed by atoms with E-state index in [1.54, 1.807) is 13.1 Å². The highest BCUT2D eigenvalue weighted by molar-refractivity contribution is 6.30. The summed E-state index contributed by atoms with van der Waals surface area (Å²) in [6.45, 7) is 2.03. The molecule has 2 amide bonds. The van der Waals surface area contributed by atoms with Crippen molar-refractivity contribution in [3.05, 3.63) is 70.6 Å². The maximum absolute atomic E-state index is 13.9. The Kier molecular flexibility index (Phi) is 9.26. The molecule has 0 aliphatic heterocycles. The van der Waals surface area contributed by atoms with Gasteiger partial charge < -0.3 is 25.0 Å². The Balaban J connectivity index is 1.28. The normalized spacial score (nSPS) is 16.1. The number of nitrogens with zero attached hydrogens (tertiary/aromatic N) is 4. The fraction of sp³-hybridized carbons (Fsp3) is 0.371. The van der Waals surface area contributed by atoms with Crippen molar-refractivity contribution in [2.45, 2.75) is 69.7 Å². The van der Waals surface area contributed by atoms with E-state index in [1.807, 2.05) is 37.4 Å². The van der Waals surface area contributed by atoms with Crippen LogP contribution in [0.1, 0.15) is 85.8 Å². The van der Waals surface area contributed by atoms with Gasteiger partial charge in [0.2, 0.25) is 5.88 Å². The molecule has 3 aromatic heterocycles. The number of ether oxygens (including phenoxy) is 1. The van der Waals surface area contributed by atoms with Crippen molar-refractivity contribution in [2.75, 3.05) is 11.9 Å². The zero-order valence-electron chi connectivity index (χ0n) is 26.4. The standard InChI is InChI=1S/C35H37ClN6O5/c1-3-47-33-26(14-15-29(43)44)38-20-28(39-33)40-34(46)35(16-6-7-17-35)41-32(45)22-10-12-24-27(18-22)42(2)31(25-13-11-23(36)19-37-25)30(24)21-8-4-5-9-21/h10-15,18-21H,3-9,16-17H2,1-2H3,(H,41,45)(H,43,44)(H,39,40,46)/b15-14+. The molecule has 47 heavy (non-hydrogen) atoms. The number of hydrogen-bond acceptors (Lipinski definition) is 7. The number of carbonyl (C=O) groups is 3. The van der Waals surface area contributed by atoms with Crippen molar-refractivity contribution in [2.24, 2.45) is 7.05 Å². The molecule has 1 aromatic carbocycles. The average molecular weight is 657 g/mol. The van der Waals surface area contributed by atoms with E-state index >= 15 is 0 Å². The van der Waals surface area contributed by atoms with Crippen LogP contribution >= 0.6 is 11.6 Å². The van der Waals surface area contributed by atoms with Crippen LogP contribution in [0.5, 0.6) is 5.88 Å². The molecule has 244 valence electrons. The number of carboxylic acid groups (broad SMARTS) is 1. The van der Waals surface area contributed by atoms with Gasteiger partial charge in [-0.1, -0.05) is 43.4 Å². The fourth-order valence-corrected chi connectivity index (χ4v) is 7.03. The molecular formula is C35H37ClN6O5. The van der Waals surface area contributed by atoms with Crippen molar-refractivity contribution in [1.82, 2.24) is 24.8 Å². The van der Waals surface area contributed by atoms with Gasteiger partial charge in [0, 0.05) is 35.8 Å². The number of anilines is 1. The number of carbonyl (C=O) groups excluding carboxylic acids is 2. The van der Waals surface area contributed by atoms with Crippen LogP contribution in [0.15, 0.2) is 48.8 Å². The lowest BCUT2D eigenvalue weighted by molar-refractivity contribution is -0.131. The summed E-state index contributed by atoms with van der Waals surface area (Å²) < 4.78 is 7.64. The second-order valence-electron chi connectivity index (χ2n) is 12.1. The van der Waals surface area contributed by atoms with Gasteiger partial charge in [-0.15, -0.1) is 0 Å². The van der Waals surface area contributed by atoms with Crippen molar-refractivity contribution >= 4 is 52.2 Å². The number of aromatic nitrogens is 4. The molecule has 3 N–H and O–H groups in total. The zero-order chi connectivity index (χ0) is 33.1. The Morgan fingerprint density at radius 2 is 1.85 bits per heavy atom. The van der Waals surface area contributed by atoms with Gasteiger partial charge in [0.25, 0.3) is 11.8 Å². The Morgan fingerprint density at radius 3 is 2.53 bits per heavy atom. The zero-order valence-corrected chi connectivity index (χ0v) is 27.1. The Bertz CT molecular complexity index is 1860. The van der Waals surface area contributed by atoms with Crippen LogP contribution in [0.4, 0.5) is 5.82 Å². The van der Waals surface area contributed by atoms with Crippen molar-refractivity contribution < 1.29 is 24.2 Å². The molecule has 0 unspecified atom stereocenters. The van der Waals surface area contributed by atoms with Gasteiger partial charge in [0.05, 0.1) is 29.2 Å².